The summed E-state index contributed by atoms with van der Waals surface area (Å²) in [6.45, 7) is 0. The van der Waals surface area contributed by atoms with Crippen molar-refractivity contribution in [1.82, 2.24) is 10.5 Å². The van der Waals surface area contributed by atoms with Crippen molar-refractivity contribution in [3.05, 3.63) is 42.2 Å². The summed E-state index contributed by atoms with van der Waals surface area (Å²) in [5.74, 6) is 1.41. The Morgan fingerprint density at radius 1 is 1.32 bits per heavy atom. The Balaban J connectivity index is 1.61. The van der Waals surface area contributed by atoms with Crippen LogP contribution in [0.3, 0.4) is 0 Å². The number of aromatic nitrogens is 1. The molecule has 0 spiro atoms. The first-order chi connectivity index (χ1) is 10.7. The fourth-order valence-corrected chi connectivity index (χ4v) is 3.25. The van der Waals surface area contributed by atoms with E-state index in [2.05, 4.69) is 10.5 Å². The number of primary amides is 1. The zero-order valence-electron chi connectivity index (χ0n) is 12.5. The van der Waals surface area contributed by atoms with Gasteiger partial charge in [-0.3, -0.25) is 0 Å². The highest BCUT2D eigenvalue weighted by molar-refractivity contribution is 5.71. The lowest BCUT2D eigenvalue weighted by molar-refractivity contribution is 0.230. The van der Waals surface area contributed by atoms with Crippen molar-refractivity contribution in [2.24, 2.45) is 11.7 Å². The maximum Gasteiger partial charge on any atom is 0.312 e. The van der Waals surface area contributed by atoms with E-state index in [-0.39, 0.29) is 6.04 Å². The summed E-state index contributed by atoms with van der Waals surface area (Å²) in [5, 5.41) is 6.98. The number of hydrogen-bond acceptors (Lipinski definition) is 3. The Bertz CT molecular complexity index is 624. The number of carbonyl (C=O) groups is 1. The molecule has 1 aromatic carbocycles. The first-order valence-corrected chi connectivity index (χ1v) is 7.77. The van der Waals surface area contributed by atoms with Crippen LogP contribution in [0.1, 0.15) is 31.4 Å². The molecule has 3 N–H and O–H groups in total. The smallest absolute Gasteiger partial charge is 0.312 e. The molecule has 1 aliphatic rings. The minimum Gasteiger partial charge on any atom is -0.361 e. The second-order valence-corrected chi connectivity index (χ2v) is 5.99. The molecule has 22 heavy (non-hydrogen) atoms. The van der Waals surface area contributed by atoms with Crippen molar-refractivity contribution < 1.29 is 9.32 Å². The van der Waals surface area contributed by atoms with Gasteiger partial charge in [-0.15, -0.1) is 0 Å². The average Bonchev–Trinajstić information content (AvgIpc) is 2.96. The Labute approximate surface area is 129 Å². The maximum absolute atomic E-state index is 11.0. The predicted molar refractivity (Wildman–Crippen MR) is 84.1 cm³/mol. The zero-order valence-corrected chi connectivity index (χ0v) is 12.5. The molecule has 0 radical (unpaired) electrons. The molecule has 2 unspecified atom stereocenters. The van der Waals surface area contributed by atoms with Crippen molar-refractivity contribution in [3.63, 3.8) is 0 Å². The fourth-order valence-electron chi connectivity index (χ4n) is 3.25. The molecule has 0 aliphatic heterocycles. The summed E-state index contributed by atoms with van der Waals surface area (Å²) in [7, 11) is 0. The van der Waals surface area contributed by atoms with Crippen molar-refractivity contribution in [2.45, 2.75) is 38.1 Å². The number of nitrogens with one attached hydrogen (secondary N) is 1. The number of amides is 2. The number of benzene rings is 1. The highest BCUT2D eigenvalue weighted by Crippen LogP contribution is 2.28. The Morgan fingerprint density at radius 2 is 2.14 bits per heavy atom. The van der Waals surface area contributed by atoms with E-state index in [1.807, 2.05) is 36.4 Å². The zero-order chi connectivity index (χ0) is 15.4. The van der Waals surface area contributed by atoms with Crippen LogP contribution in [0.4, 0.5) is 4.79 Å². The molecular weight excluding hydrogens is 278 g/mol. The second-order valence-electron chi connectivity index (χ2n) is 5.99. The summed E-state index contributed by atoms with van der Waals surface area (Å²) in [6, 6.07) is 11.8. The molecule has 1 fully saturated rings. The summed E-state index contributed by atoms with van der Waals surface area (Å²) in [6.07, 6.45) is 5.07. The molecule has 0 saturated heterocycles. The van der Waals surface area contributed by atoms with Crippen LogP contribution in [0.15, 0.2) is 40.9 Å². The van der Waals surface area contributed by atoms with Crippen LogP contribution in [0.5, 0.6) is 0 Å². The van der Waals surface area contributed by atoms with Crippen LogP contribution in [0.2, 0.25) is 0 Å². The Morgan fingerprint density at radius 3 is 2.91 bits per heavy atom. The third-order valence-electron chi connectivity index (χ3n) is 4.25. The third-order valence-corrected chi connectivity index (χ3v) is 4.25. The van der Waals surface area contributed by atoms with Crippen molar-refractivity contribution in [3.8, 4) is 11.3 Å². The standard InChI is InChI=1S/C17H21N3O2/c18-17(21)19-14-8-4-5-12(9-14)10-15-11-16(20-22-15)13-6-2-1-3-7-13/h1-3,6-7,11-12,14H,4-5,8-10H2,(H3,18,19,21). The number of carbonyl (C=O) groups excluding carboxylic acids is 1. The molecule has 1 aromatic heterocycles. The molecule has 2 aromatic rings. The van der Waals surface area contributed by atoms with E-state index in [0.29, 0.717) is 5.92 Å². The van der Waals surface area contributed by atoms with E-state index < -0.39 is 6.03 Å². The molecule has 1 heterocycles. The predicted octanol–water partition coefficient (Wildman–Crippen LogP) is 3.11. The summed E-state index contributed by atoms with van der Waals surface area (Å²) < 4.78 is 5.48. The van der Waals surface area contributed by atoms with Gasteiger partial charge in [0.25, 0.3) is 0 Å². The van der Waals surface area contributed by atoms with Crippen LogP contribution in [0, 0.1) is 5.92 Å². The number of rotatable bonds is 4. The van der Waals surface area contributed by atoms with Gasteiger partial charge in [0.15, 0.2) is 0 Å². The van der Waals surface area contributed by atoms with E-state index in [4.69, 9.17) is 10.3 Å². The first-order valence-electron chi connectivity index (χ1n) is 7.77. The van der Waals surface area contributed by atoms with Crippen molar-refractivity contribution in [2.75, 3.05) is 0 Å². The maximum atomic E-state index is 11.0. The van der Waals surface area contributed by atoms with Gasteiger partial charge in [-0.25, -0.2) is 4.79 Å². The molecule has 5 nitrogen and oxygen atoms in total. The summed E-state index contributed by atoms with van der Waals surface area (Å²) in [5.41, 5.74) is 7.15. The topological polar surface area (TPSA) is 81.2 Å². The number of urea groups is 1. The molecule has 2 atom stereocenters. The van der Waals surface area contributed by atoms with E-state index in [1.54, 1.807) is 0 Å². The molecule has 0 bridgehead atoms. The third kappa shape index (κ3) is 3.67. The minimum absolute atomic E-state index is 0.188. The van der Waals surface area contributed by atoms with E-state index in [1.165, 1.54) is 0 Å². The van der Waals surface area contributed by atoms with Crippen molar-refractivity contribution >= 4 is 6.03 Å². The van der Waals surface area contributed by atoms with E-state index in [9.17, 15) is 4.79 Å². The molecule has 116 valence electrons. The lowest BCUT2D eigenvalue weighted by Gasteiger charge is -2.28. The normalized spacial score (nSPS) is 21.5. The molecular formula is C17H21N3O2. The largest absolute Gasteiger partial charge is 0.361 e. The fraction of sp³-hybridized carbons (Fsp3) is 0.412. The lowest BCUT2D eigenvalue weighted by Crippen LogP contribution is -2.41. The van der Waals surface area contributed by atoms with Crippen LogP contribution >= 0.6 is 0 Å². The van der Waals surface area contributed by atoms with Gasteiger partial charge in [0.05, 0.1) is 0 Å². The molecule has 1 saturated carbocycles. The molecule has 5 heteroatoms. The SMILES string of the molecule is NC(=O)NC1CCCC(Cc2cc(-c3ccccc3)no2)C1. The van der Waals surface area contributed by atoms with Gasteiger partial charge in [0.1, 0.15) is 11.5 Å². The van der Waals surface area contributed by atoms with Gasteiger partial charge >= 0.3 is 6.03 Å². The first kappa shape index (κ1) is 14.6. The average molecular weight is 299 g/mol. The van der Waals surface area contributed by atoms with Gasteiger partial charge in [0.2, 0.25) is 0 Å². The van der Waals surface area contributed by atoms with Gasteiger partial charge in [-0.05, 0) is 25.2 Å². The number of nitrogens with two attached hydrogens (primary N) is 1. The summed E-state index contributed by atoms with van der Waals surface area (Å²) in [4.78, 5) is 11.0. The van der Waals surface area contributed by atoms with Gasteiger partial charge in [0, 0.05) is 24.1 Å². The number of hydrogen-bond donors (Lipinski definition) is 2. The number of nitrogens with zero attached hydrogens (tertiary/aromatic N) is 1. The van der Waals surface area contributed by atoms with Crippen LogP contribution in [0.25, 0.3) is 11.3 Å². The molecule has 3 rings (SSSR count). The molecule has 1 aliphatic carbocycles. The second kappa shape index (κ2) is 6.64. The highest BCUT2D eigenvalue weighted by atomic mass is 16.5. The molecule has 2 amide bonds. The minimum atomic E-state index is -0.434. The van der Waals surface area contributed by atoms with E-state index in [0.717, 1.165) is 49.1 Å². The van der Waals surface area contributed by atoms with Gasteiger partial charge < -0.3 is 15.6 Å². The van der Waals surface area contributed by atoms with Crippen molar-refractivity contribution in [1.29, 1.82) is 0 Å². The lowest BCUT2D eigenvalue weighted by atomic mass is 9.83. The van der Waals surface area contributed by atoms with Gasteiger partial charge in [-0.2, -0.15) is 0 Å². The van der Waals surface area contributed by atoms with Crippen LogP contribution in [-0.4, -0.2) is 17.2 Å². The highest BCUT2D eigenvalue weighted by Gasteiger charge is 2.24. The Hall–Kier alpha value is -2.30. The van der Waals surface area contributed by atoms with Crippen LogP contribution in [-0.2, 0) is 6.42 Å². The monoisotopic (exact) mass is 299 g/mol. The van der Waals surface area contributed by atoms with Crippen LogP contribution < -0.4 is 11.1 Å². The Kier molecular flexibility index (Phi) is 4.42. The van der Waals surface area contributed by atoms with E-state index >= 15 is 0 Å². The van der Waals surface area contributed by atoms with Gasteiger partial charge in [-0.1, -0.05) is 41.9 Å². The summed E-state index contributed by atoms with van der Waals surface area (Å²) >= 11 is 0. The quantitative estimate of drug-likeness (QED) is 0.910.